The van der Waals surface area contributed by atoms with Gasteiger partial charge in [-0.2, -0.15) is 0 Å². The largest absolute Gasteiger partial charge is 0.351 e. The SMILES string of the molecule is Cl.NCC(NC(=O)CSCc1ccc(Cl)cc1)C1CC1. The van der Waals surface area contributed by atoms with E-state index in [9.17, 15) is 4.79 Å². The first-order valence-electron chi connectivity index (χ1n) is 6.50. The maximum absolute atomic E-state index is 11.8. The first-order valence-corrected chi connectivity index (χ1v) is 8.04. The molecule has 1 fully saturated rings. The van der Waals surface area contributed by atoms with E-state index < -0.39 is 0 Å². The van der Waals surface area contributed by atoms with Crippen LogP contribution in [-0.4, -0.2) is 24.2 Å². The Morgan fingerprint density at radius 2 is 2.05 bits per heavy atom. The molecule has 1 aromatic carbocycles. The Balaban J connectivity index is 0.00000200. The smallest absolute Gasteiger partial charge is 0.230 e. The molecule has 1 atom stereocenters. The van der Waals surface area contributed by atoms with Gasteiger partial charge in [-0.05, 0) is 36.5 Å². The van der Waals surface area contributed by atoms with Crippen LogP contribution >= 0.6 is 35.8 Å². The molecule has 0 heterocycles. The number of thioether (sulfide) groups is 1. The zero-order valence-electron chi connectivity index (χ0n) is 11.2. The van der Waals surface area contributed by atoms with Crippen LogP contribution in [0.2, 0.25) is 5.02 Å². The minimum Gasteiger partial charge on any atom is -0.351 e. The molecule has 112 valence electrons. The van der Waals surface area contributed by atoms with Crippen LogP contribution in [0.25, 0.3) is 0 Å². The summed E-state index contributed by atoms with van der Waals surface area (Å²) in [5.74, 6) is 1.99. The van der Waals surface area contributed by atoms with Crippen LogP contribution in [0.15, 0.2) is 24.3 Å². The Kier molecular flexibility index (Phi) is 7.74. The van der Waals surface area contributed by atoms with Crippen molar-refractivity contribution in [1.29, 1.82) is 0 Å². The molecule has 6 heteroatoms. The fourth-order valence-electron chi connectivity index (χ4n) is 1.96. The van der Waals surface area contributed by atoms with Crippen molar-refractivity contribution in [2.45, 2.75) is 24.6 Å². The number of hydrogen-bond acceptors (Lipinski definition) is 3. The molecule has 1 amide bonds. The van der Waals surface area contributed by atoms with Crippen molar-refractivity contribution in [2.75, 3.05) is 12.3 Å². The van der Waals surface area contributed by atoms with Crippen LogP contribution in [0.1, 0.15) is 18.4 Å². The lowest BCUT2D eigenvalue weighted by molar-refractivity contribution is -0.119. The number of nitrogens with one attached hydrogen (secondary N) is 1. The predicted molar refractivity (Wildman–Crippen MR) is 88.6 cm³/mol. The normalized spacial score (nSPS) is 15.3. The van der Waals surface area contributed by atoms with Gasteiger partial charge in [0.2, 0.25) is 5.91 Å². The van der Waals surface area contributed by atoms with Gasteiger partial charge >= 0.3 is 0 Å². The number of benzene rings is 1. The van der Waals surface area contributed by atoms with E-state index in [0.29, 0.717) is 18.2 Å². The highest BCUT2D eigenvalue weighted by molar-refractivity contribution is 7.99. The second-order valence-electron chi connectivity index (χ2n) is 4.87. The fourth-order valence-corrected chi connectivity index (χ4v) is 2.88. The number of halogens is 2. The minimum absolute atomic E-state index is 0. The van der Waals surface area contributed by atoms with Crippen LogP contribution in [-0.2, 0) is 10.5 Å². The molecule has 0 bridgehead atoms. The summed E-state index contributed by atoms with van der Waals surface area (Å²) in [7, 11) is 0. The third kappa shape index (κ3) is 5.92. The summed E-state index contributed by atoms with van der Waals surface area (Å²) in [6.07, 6.45) is 2.39. The van der Waals surface area contributed by atoms with Crippen LogP contribution in [0.4, 0.5) is 0 Å². The highest BCUT2D eigenvalue weighted by Crippen LogP contribution is 2.32. The molecule has 0 aliphatic heterocycles. The number of carbonyl (C=O) groups excluding carboxylic acids is 1. The maximum Gasteiger partial charge on any atom is 0.230 e. The van der Waals surface area contributed by atoms with Crippen LogP contribution in [0, 0.1) is 5.92 Å². The highest BCUT2D eigenvalue weighted by Gasteiger charge is 2.30. The Hall–Kier alpha value is -0.420. The molecule has 3 N–H and O–H groups in total. The quantitative estimate of drug-likeness (QED) is 0.806. The monoisotopic (exact) mass is 334 g/mol. The van der Waals surface area contributed by atoms with Gasteiger partial charge in [0, 0.05) is 23.4 Å². The van der Waals surface area contributed by atoms with Crippen molar-refractivity contribution in [1.82, 2.24) is 5.32 Å². The van der Waals surface area contributed by atoms with E-state index in [1.807, 2.05) is 24.3 Å². The first kappa shape index (κ1) is 17.6. The van der Waals surface area contributed by atoms with E-state index in [-0.39, 0.29) is 24.4 Å². The molecule has 3 nitrogen and oxygen atoms in total. The van der Waals surface area contributed by atoms with Gasteiger partial charge in [-0.25, -0.2) is 0 Å². The third-order valence-electron chi connectivity index (χ3n) is 3.21. The Morgan fingerprint density at radius 3 is 2.60 bits per heavy atom. The van der Waals surface area contributed by atoms with Gasteiger partial charge in [0.1, 0.15) is 0 Å². The number of hydrogen-bond donors (Lipinski definition) is 2. The lowest BCUT2D eigenvalue weighted by atomic mass is 10.2. The molecule has 1 aromatic rings. The standard InChI is InChI=1S/C14H19ClN2OS.ClH/c15-12-5-1-10(2-6-12)8-19-9-14(18)17-13(7-16)11-3-4-11;/h1-2,5-6,11,13H,3-4,7-9,16H2,(H,17,18);1H. The summed E-state index contributed by atoms with van der Waals surface area (Å²) in [6.45, 7) is 0.540. The van der Waals surface area contributed by atoms with E-state index >= 15 is 0 Å². The van der Waals surface area contributed by atoms with Crippen molar-refractivity contribution in [3.63, 3.8) is 0 Å². The van der Waals surface area contributed by atoms with Crippen molar-refractivity contribution in [3.8, 4) is 0 Å². The second kappa shape index (κ2) is 8.78. The fraction of sp³-hybridized carbons (Fsp3) is 0.500. The Labute approximate surface area is 135 Å². The molecule has 1 unspecified atom stereocenters. The molecule has 1 aliphatic carbocycles. The molecule has 0 radical (unpaired) electrons. The zero-order chi connectivity index (χ0) is 13.7. The summed E-state index contributed by atoms with van der Waals surface area (Å²) in [5, 5.41) is 3.76. The van der Waals surface area contributed by atoms with E-state index in [4.69, 9.17) is 17.3 Å². The van der Waals surface area contributed by atoms with E-state index in [0.717, 1.165) is 10.8 Å². The number of nitrogens with two attached hydrogens (primary N) is 1. The van der Waals surface area contributed by atoms with Crippen LogP contribution < -0.4 is 11.1 Å². The molecular formula is C14H20Cl2N2OS. The minimum atomic E-state index is 0. The van der Waals surface area contributed by atoms with E-state index in [2.05, 4.69) is 5.32 Å². The van der Waals surface area contributed by atoms with Gasteiger partial charge in [0.15, 0.2) is 0 Å². The topological polar surface area (TPSA) is 55.1 Å². The highest BCUT2D eigenvalue weighted by atomic mass is 35.5. The van der Waals surface area contributed by atoms with Crippen molar-refractivity contribution in [2.24, 2.45) is 11.7 Å². The van der Waals surface area contributed by atoms with Gasteiger partial charge < -0.3 is 11.1 Å². The van der Waals surface area contributed by atoms with Gasteiger partial charge in [-0.1, -0.05) is 23.7 Å². The molecular weight excluding hydrogens is 315 g/mol. The average Bonchev–Trinajstić information content (AvgIpc) is 3.23. The maximum atomic E-state index is 11.8. The van der Waals surface area contributed by atoms with E-state index in [1.165, 1.54) is 18.4 Å². The predicted octanol–water partition coefficient (Wildman–Crippen LogP) is 2.85. The Morgan fingerprint density at radius 1 is 1.40 bits per heavy atom. The summed E-state index contributed by atoms with van der Waals surface area (Å²) in [6, 6.07) is 7.88. The third-order valence-corrected chi connectivity index (χ3v) is 4.46. The number of rotatable bonds is 7. The molecule has 0 aromatic heterocycles. The van der Waals surface area contributed by atoms with Crippen molar-refractivity contribution >= 4 is 41.7 Å². The number of carbonyl (C=O) groups is 1. The average molecular weight is 335 g/mol. The summed E-state index contributed by atoms with van der Waals surface area (Å²) in [4.78, 5) is 11.8. The molecule has 0 spiro atoms. The van der Waals surface area contributed by atoms with Crippen molar-refractivity contribution in [3.05, 3.63) is 34.9 Å². The summed E-state index contributed by atoms with van der Waals surface area (Å²) in [5.41, 5.74) is 6.84. The molecule has 1 aliphatic rings. The van der Waals surface area contributed by atoms with Crippen LogP contribution in [0.3, 0.4) is 0 Å². The van der Waals surface area contributed by atoms with E-state index in [1.54, 1.807) is 11.8 Å². The summed E-state index contributed by atoms with van der Waals surface area (Å²) < 4.78 is 0. The lowest BCUT2D eigenvalue weighted by Gasteiger charge is -2.15. The number of amides is 1. The Bertz CT molecular complexity index is 424. The van der Waals surface area contributed by atoms with Gasteiger partial charge in [0.25, 0.3) is 0 Å². The molecule has 2 rings (SSSR count). The molecule has 1 saturated carbocycles. The van der Waals surface area contributed by atoms with Crippen LogP contribution in [0.5, 0.6) is 0 Å². The van der Waals surface area contributed by atoms with Gasteiger partial charge in [0.05, 0.1) is 5.75 Å². The lowest BCUT2D eigenvalue weighted by Crippen LogP contribution is -2.42. The summed E-state index contributed by atoms with van der Waals surface area (Å²) >= 11 is 7.43. The first-order chi connectivity index (χ1) is 9.19. The van der Waals surface area contributed by atoms with Gasteiger partial charge in [-0.15, -0.1) is 24.2 Å². The van der Waals surface area contributed by atoms with Crippen molar-refractivity contribution < 1.29 is 4.79 Å². The second-order valence-corrected chi connectivity index (χ2v) is 6.29. The molecule has 0 saturated heterocycles. The van der Waals surface area contributed by atoms with Gasteiger partial charge in [-0.3, -0.25) is 4.79 Å². The molecule has 20 heavy (non-hydrogen) atoms. The zero-order valence-corrected chi connectivity index (χ0v) is 13.6.